The molecule has 0 saturated carbocycles. The van der Waals surface area contributed by atoms with Crippen molar-refractivity contribution >= 4 is 46.7 Å². The number of anilines is 1. The van der Waals surface area contributed by atoms with E-state index in [-0.39, 0.29) is 11.6 Å². The van der Waals surface area contributed by atoms with Gasteiger partial charge in [0.05, 0.1) is 5.69 Å². The van der Waals surface area contributed by atoms with Gasteiger partial charge >= 0.3 is 0 Å². The van der Waals surface area contributed by atoms with E-state index in [1.165, 1.54) is 0 Å². The van der Waals surface area contributed by atoms with Crippen LogP contribution in [-0.4, -0.2) is 11.7 Å². The molecule has 0 aliphatic carbocycles. The first-order valence-corrected chi connectivity index (χ1v) is 11.3. The van der Waals surface area contributed by atoms with Crippen molar-refractivity contribution < 1.29 is 9.53 Å². The molecular formula is C28H18Cl2N2O2. The number of rotatable bonds is 5. The Morgan fingerprint density at radius 2 is 1.47 bits per heavy atom. The normalized spacial score (nSPS) is 14.4. The summed E-state index contributed by atoms with van der Waals surface area (Å²) in [7, 11) is 0. The predicted octanol–water partition coefficient (Wildman–Crippen LogP) is 7.62. The number of halogens is 2. The van der Waals surface area contributed by atoms with Gasteiger partial charge in [-0.2, -0.15) is 0 Å². The molecule has 4 aromatic carbocycles. The topological polar surface area (TPSA) is 41.9 Å². The minimum atomic E-state index is -0.283. The van der Waals surface area contributed by atoms with E-state index < -0.39 is 0 Å². The molecular weight excluding hydrogens is 467 g/mol. The van der Waals surface area contributed by atoms with Gasteiger partial charge in [-0.25, -0.2) is 4.99 Å². The van der Waals surface area contributed by atoms with Crippen molar-refractivity contribution in [2.75, 3.05) is 4.90 Å². The lowest BCUT2D eigenvalue weighted by molar-refractivity contribution is -0.113. The van der Waals surface area contributed by atoms with Gasteiger partial charge in [-0.1, -0.05) is 89.9 Å². The summed E-state index contributed by atoms with van der Waals surface area (Å²) >= 11 is 12.4. The van der Waals surface area contributed by atoms with E-state index in [1.54, 1.807) is 29.2 Å². The Hall–Kier alpha value is -3.86. The van der Waals surface area contributed by atoms with Gasteiger partial charge in [0.25, 0.3) is 5.91 Å². The zero-order valence-electron chi connectivity index (χ0n) is 17.9. The lowest BCUT2D eigenvalue weighted by atomic mass is 10.1. The van der Waals surface area contributed by atoms with E-state index in [0.29, 0.717) is 38.6 Å². The number of carbonyl (C=O) groups excluding carboxylic acids is 1. The molecule has 0 bridgehead atoms. The molecule has 0 N–H and O–H groups in total. The highest BCUT2D eigenvalue weighted by Gasteiger charge is 2.34. The van der Waals surface area contributed by atoms with Crippen LogP contribution in [0, 0.1) is 0 Å². The van der Waals surface area contributed by atoms with Crippen molar-refractivity contribution in [2.24, 2.45) is 4.99 Å². The number of benzene rings is 4. The average molecular weight is 485 g/mol. The fourth-order valence-electron chi connectivity index (χ4n) is 3.63. The van der Waals surface area contributed by atoms with Crippen molar-refractivity contribution in [2.45, 2.75) is 0 Å². The van der Waals surface area contributed by atoms with Gasteiger partial charge in [-0.05, 0) is 48.0 Å². The Morgan fingerprint density at radius 3 is 2.21 bits per heavy atom. The molecule has 0 atom stereocenters. The zero-order chi connectivity index (χ0) is 23.5. The molecule has 1 aliphatic heterocycles. The van der Waals surface area contributed by atoms with Crippen molar-refractivity contribution in [1.29, 1.82) is 0 Å². The van der Waals surface area contributed by atoms with Crippen LogP contribution in [0.1, 0.15) is 11.1 Å². The molecule has 1 aliphatic rings. The van der Waals surface area contributed by atoms with Crippen LogP contribution in [0.25, 0.3) is 6.08 Å². The first-order valence-electron chi connectivity index (χ1n) is 10.6. The smallest absolute Gasteiger partial charge is 0.282 e. The maximum atomic E-state index is 13.7. The fourth-order valence-corrected chi connectivity index (χ4v) is 4.09. The van der Waals surface area contributed by atoms with E-state index >= 15 is 0 Å². The summed E-state index contributed by atoms with van der Waals surface area (Å²) in [5.74, 6) is 1.43. The molecule has 0 spiro atoms. The summed E-state index contributed by atoms with van der Waals surface area (Å²) in [4.78, 5) is 20.0. The predicted molar refractivity (Wildman–Crippen MR) is 138 cm³/mol. The molecule has 34 heavy (non-hydrogen) atoms. The highest BCUT2D eigenvalue weighted by atomic mass is 35.5. The average Bonchev–Trinajstić information content (AvgIpc) is 3.18. The molecule has 1 amide bonds. The SMILES string of the molecule is O=C1/C(=C\c2ccc(Cl)cc2Cl)N=C(c2ccccc2)N1c1ccccc1Oc1ccccc1. The Balaban J connectivity index is 1.61. The van der Waals surface area contributed by atoms with Crippen LogP contribution >= 0.6 is 23.2 Å². The van der Waals surface area contributed by atoms with E-state index in [4.69, 9.17) is 32.9 Å². The third kappa shape index (κ3) is 4.46. The van der Waals surface area contributed by atoms with Gasteiger partial charge in [0.2, 0.25) is 0 Å². The second kappa shape index (κ2) is 9.56. The van der Waals surface area contributed by atoms with E-state index in [9.17, 15) is 4.79 Å². The van der Waals surface area contributed by atoms with Gasteiger partial charge in [0, 0.05) is 15.6 Å². The van der Waals surface area contributed by atoms with Crippen molar-refractivity contribution in [3.05, 3.63) is 130 Å². The number of amidine groups is 1. The minimum absolute atomic E-state index is 0.262. The molecule has 0 saturated heterocycles. The Morgan fingerprint density at radius 1 is 0.794 bits per heavy atom. The van der Waals surface area contributed by atoms with Crippen LogP contribution < -0.4 is 9.64 Å². The number of amides is 1. The molecule has 0 radical (unpaired) electrons. The second-order valence-electron chi connectivity index (χ2n) is 7.52. The number of hydrogen-bond acceptors (Lipinski definition) is 3. The molecule has 0 fully saturated rings. The number of nitrogens with zero attached hydrogens (tertiary/aromatic N) is 2. The lowest BCUT2D eigenvalue weighted by Gasteiger charge is -2.21. The van der Waals surface area contributed by atoms with Crippen LogP contribution in [0.5, 0.6) is 11.5 Å². The van der Waals surface area contributed by atoms with Crippen LogP contribution in [0.4, 0.5) is 5.69 Å². The maximum Gasteiger partial charge on any atom is 0.282 e. The summed E-state index contributed by atoms with van der Waals surface area (Å²) in [6.07, 6.45) is 1.67. The van der Waals surface area contributed by atoms with E-state index in [1.807, 2.05) is 84.9 Å². The summed E-state index contributed by atoms with van der Waals surface area (Å²) in [5, 5.41) is 0.961. The first kappa shape index (κ1) is 22.0. The summed E-state index contributed by atoms with van der Waals surface area (Å²) < 4.78 is 6.14. The molecule has 0 aromatic heterocycles. The first-order chi connectivity index (χ1) is 16.6. The molecule has 1 heterocycles. The molecule has 0 unspecified atom stereocenters. The van der Waals surface area contributed by atoms with Gasteiger partial charge in [-0.15, -0.1) is 0 Å². The quantitative estimate of drug-likeness (QED) is 0.273. The van der Waals surface area contributed by atoms with Crippen molar-refractivity contribution in [1.82, 2.24) is 0 Å². The van der Waals surface area contributed by atoms with Crippen LogP contribution in [0.15, 0.2) is 114 Å². The Kier molecular flexibility index (Phi) is 6.17. The third-order valence-electron chi connectivity index (χ3n) is 5.22. The van der Waals surface area contributed by atoms with Crippen molar-refractivity contribution in [3.8, 4) is 11.5 Å². The standard InChI is InChI=1S/C28H18Cl2N2O2/c29-21-16-15-20(23(30)18-21)17-24-28(33)32(27(31-24)19-9-3-1-4-10-19)25-13-7-8-14-26(25)34-22-11-5-2-6-12-22/h1-18H/b24-17+. The van der Waals surface area contributed by atoms with Gasteiger partial charge in [0.1, 0.15) is 17.3 Å². The number of para-hydroxylation sites is 3. The summed E-state index contributed by atoms with van der Waals surface area (Å²) in [5.41, 5.74) is 2.30. The lowest BCUT2D eigenvalue weighted by Crippen LogP contribution is -2.32. The fraction of sp³-hybridized carbons (Fsp3) is 0. The van der Waals surface area contributed by atoms with E-state index in [0.717, 1.165) is 5.56 Å². The maximum absolute atomic E-state index is 13.7. The number of hydrogen-bond donors (Lipinski definition) is 0. The Labute approximate surface area is 207 Å². The Bertz CT molecular complexity index is 1420. The molecule has 4 nitrogen and oxygen atoms in total. The second-order valence-corrected chi connectivity index (χ2v) is 8.36. The highest BCUT2D eigenvalue weighted by Crippen LogP contribution is 2.37. The summed E-state index contributed by atoms with van der Waals surface area (Å²) in [6.45, 7) is 0. The number of ether oxygens (including phenoxy) is 1. The summed E-state index contributed by atoms with van der Waals surface area (Å²) in [6, 6.07) is 31.5. The molecule has 5 rings (SSSR count). The van der Waals surface area contributed by atoms with Gasteiger partial charge < -0.3 is 4.74 Å². The third-order valence-corrected chi connectivity index (χ3v) is 5.79. The highest BCUT2D eigenvalue weighted by molar-refractivity contribution is 6.36. The van der Waals surface area contributed by atoms with Gasteiger partial charge in [-0.3, -0.25) is 9.69 Å². The molecule has 4 aromatic rings. The van der Waals surface area contributed by atoms with Crippen molar-refractivity contribution in [3.63, 3.8) is 0 Å². The monoisotopic (exact) mass is 484 g/mol. The number of carbonyl (C=O) groups is 1. The molecule has 166 valence electrons. The van der Waals surface area contributed by atoms with Crippen LogP contribution in [-0.2, 0) is 4.79 Å². The minimum Gasteiger partial charge on any atom is -0.455 e. The van der Waals surface area contributed by atoms with Crippen LogP contribution in [0.2, 0.25) is 10.0 Å². The van der Waals surface area contributed by atoms with Gasteiger partial charge in [0.15, 0.2) is 5.75 Å². The largest absolute Gasteiger partial charge is 0.455 e. The molecule has 6 heteroatoms. The van der Waals surface area contributed by atoms with E-state index in [2.05, 4.69) is 0 Å². The number of aliphatic imine (C=N–C) groups is 1. The zero-order valence-corrected chi connectivity index (χ0v) is 19.4. The van der Waals surface area contributed by atoms with Crippen LogP contribution in [0.3, 0.4) is 0 Å².